The van der Waals surface area contributed by atoms with Crippen LogP contribution in [0.5, 0.6) is 5.75 Å². The van der Waals surface area contributed by atoms with Crippen molar-refractivity contribution in [3.8, 4) is 5.75 Å². The van der Waals surface area contributed by atoms with Crippen molar-refractivity contribution in [1.29, 1.82) is 0 Å². The van der Waals surface area contributed by atoms with Gasteiger partial charge in [0.1, 0.15) is 11.4 Å². The molecule has 2 heterocycles. The van der Waals surface area contributed by atoms with Gasteiger partial charge in [-0.25, -0.2) is 4.79 Å². The average molecular weight is 518 g/mol. The SMILES string of the molecule is CCC1(CC)C/C(=C\C(=O)Nc2ccc3c(c2)NC(=O)N([C@@H](C)CO)C3)c2ccc(C(F)(F)F)cc2O1. The lowest BCUT2D eigenvalue weighted by atomic mass is 9.83. The topological polar surface area (TPSA) is 90.9 Å². The molecular weight excluding hydrogens is 487 g/mol. The van der Waals surface area contributed by atoms with Crippen LogP contribution in [-0.4, -0.2) is 40.2 Å². The van der Waals surface area contributed by atoms with Crippen molar-refractivity contribution in [3.05, 3.63) is 59.2 Å². The summed E-state index contributed by atoms with van der Waals surface area (Å²) in [5.74, 6) is -0.330. The summed E-state index contributed by atoms with van der Waals surface area (Å²) in [6.45, 7) is 5.73. The molecule has 0 fully saturated rings. The van der Waals surface area contributed by atoms with Gasteiger partial charge in [0.25, 0.3) is 0 Å². The van der Waals surface area contributed by atoms with Gasteiger partial charge in [-0.1, -0.05) is 26.0 Å². The molecule has 198 valence electrons. The minimum absolute atomic E-state index is 0.113. The van der Waals surface area contributed by atoms with Crippen LogP contribution in [0.4, 0.5) is 29.3 Å². The minimum Gasteiger partial charge on any atom is -0.486 e. The van der Waals surface area contributed by atoms with Crippen molar-refractivity contribution >= 4 is 28.9 Å². The number of carbonyl (C=O) groups excluding carboxylic acids is 2. The van der Waals surface area contributed by atoms with Crippen LogP contribution in [0.3, 0.4) is 0 Å². The van der Waals surface area contributed by atoms with Gasteiger partial charge in [0.05, 0.1) is 18.2 Å². The second-order valence-corrected chi connectivity index (χ2v) is 9.50. The zero-order valence-corrected chi connectivity index (χ0v) is 20.9. The van der Waals surface area contributed by atoms with Gasteiger partial charge in [0.15, 0.2) is 0 Å². The molecule has 2 aliphatic heterocycles. The van der Waals surface area contributed by atoms with Gasteiger partial charge in [-0.05, 0) is 55.2 Å². The Morgan fingerprint density at radius 2 is 1.97 bits per heavy atom. The highest BCUT2D eigenvalue weighted by Crippen LogP contribution is 2.45. The molecule has 0 bridgehead atoms. The highest BCUT2D eigenvalue weighted by molar-refractivity contribution is 6.05. The Kier molecular flexibility index (Phi) is 7.23. The molecule has 10 heteroatoms. The number of carbonyl (C=O) groups is 2. The summed E-state index contributed by atoms with van der Waals surface area (Å²) in [5.41, 5.74) is 1.39. The van der Waals surface area contributed by atoms with E-state index < -0.39 is 23.2 Å². The van der Waals surface area contributed by atoms with Crippen LogP contribution in [-0.2, 0) is 17.5 Å². The number of benzene rings is 2. The normalized spacial score (nSPS) is 18.4. The standard InChI is InChI=1S/C27H30F3N3O4/c1-4-26(5-2)13-18(21-9-7-19(27(28,29)30)11-23(21)37-26)10-24(35)31-20-8-6-17-14-33(16(3)15-34)25(36)32-22(17)12-20/h6-12,16,34H,4-5,13-15H2,1-3H3,(H,31,35)(H,32,36)/b18-10+/t16-/m0/s1. The number of urea groups is 1. The molecule has 0 saturated carbocycles. The molecule has 37 heavy (non-hydrogen) atoms. The van der Waals surface area contributed by atoms with Gasteiger partial charge in [-0.15, -0.1) is 0 Å². The summed E-state index contributed by atoms with van der Waals surface area (Å²) in [5, 5.41) is 14.9. The number of rotatable bonds is 6. The van der Waals surface area contributed by atoms with E-state index in [0.29, 0.717) is 48.3 Å². The van der Waals surface area contributed by atoms with E-state index in [1.54, 1.807) is 25.1 Å². The maximum Gasteiger partial charge on any atom is 0.416 e. The Balaban J connectivity index is 1.59. The molecule has 2 aromatic rings. The second-order valence-electron chi connectivity index (χ2n) is 9.50. The number of anilines is 2. The van der Waals surface area contributed by atoms with Gasteiger partial charge in [-0.3, -0.25) is 4.79 Å². The summed E-state index contributed by atoms with van der Waals surface area (Å²) in [6, 6.07) is 7.81. The van der Waals surface area contributed by atoms with Crippen molar-refractivity contribution < 1.29 is 32.6 Å². The van der Waals surface area contributed by atoms with E-state index in [1.807, 2.05) is 13.8 Å². The summed E-state index contributed by atoms with van der Waals surface area (Å²) < 4.78 is 46.0. The maximum atomic E-state index is 13.3. The summed E-state index contributed by atoms with van der Waals surface area (Å²) >= 11 is 0. The van der Waals surface area contributed by atoms with E-state index in [0.717, 1.165) is 17.7 Å². The molecule has 3 amide bonds. The monoisotopic (exact) mass is 517 g/mol. The highest BCUT2D eigenvalue weighted by atomic mass is 19.4. The molecule has 0 aliphatic carbocycles. The molecule has 1 atom stereocenters. The fourth-order valence-electron chi connectivity index (χ4n) is 4.68. The second kappa shape index (κ2) is 10.1. The molecule has 0 radical (unpaired) electrons. The van der Waals surface area contributed by atoms with E-state index in [2.05, 4.69) is 10.6 Å². The van der Waals surface area contributed by atoms with Crippen molar-refractivity contribution in [2.24, 2.45) is 0 Å². The average Bonchev–Trinajstić information content (AvgIpc) is 2.86. The van der Waals surface area contributed by atoms with Crippen molar-refractivity contribution in [1.82, 2.24) is 4.90 Å². The molecule has 0 saturated heterocycles. The first-order chi connectivity index (χ1) is 17.5. The van der Waals surface area contributed by atoms with Crippen LogP contribution in [0.1, 0.15) is 56.7 Å². The van der Waals surface area contributed by atoms with Crippen molar-refractivity contribution in [2.45, 2.75) is 64.4 Å². The van der Waals surface area contributed by atoms with E-state index in [-0.39, 0.29) is 24.4 Å². The summed E-state index contributed by atoms with van der Waals surface area (Å²) in [7, 11) is 0. The number of nitrogens with zero attached hydrogens (tertiary/aromatic N) is 1. The van der Waals surface area contributed by atoms with Crippen LogP contribution >= 0.6 is 0 Å². The number of hydrogen-bond acceptors (Lipinski definition) is 4. The number of ether oxygens (including phenoxy) is 1. The van der Waals surface area contributed by atoms with E-state index in [1.165, 1.54) is 17.0 Å². The molecule has 0 unspecified atom stereocenters. The molecule has 2 aromatic carbocycles. The Morgan fingerprint density at radius 1 is 1.24 bits per heavy atom. The van der Waals surface area contributed by atoms with E-state index in [4.69, 9.17) is 4.74 Å². The number of alkyl halides is 3. The van der Waals surface area contributed by atoms with E-state index >= 15 is 0 Å². The molecule has 7 nitrogen and oxygen atoms in total. The zero-order chi connectivity index (χ0) is 27.0. The number of nitrogens with one attached hydrogen (secondary N) is 2. The Bertz CT molecular complexity index is 1240. The Labute approximate surface area is 213 Å². The van der Waals surface area contributed by atoms with Crippen LogP contribution in [0.15, 0.2) is 42.5 Å². The number of amides is 3. The summed E-state index contributed by atoms with van der Waals surface area (Å²) in [4.78, 5) is 26.9. The number of fused-ring (bicyclic) bond motifs is 2. The van der Waals surface area contributed by atoms with Crippen LogP contribution in [0.2, 0.25) is 0 Å². The van der Waals surface area contributed by atoms with Crippen LogP contribution in [0, 0.1) is 0 Å². The summed E-state index contributed by atoms with van der Waals surface area (Å²) in [6.07, 6.45) is -1.60. The largest absolute Gasteiger partial charge is 0.486 e. The first kappa shape index (κ1) is 26.5. The van der Waals surface area contributed by atoms with Crippen molar-refractivity contribution in [3.63, 3.8) is 0 Å². The maximum absolute atomic E-state index is 13.3. The third-order valence-electron chi connectivity index (χ3n) is 7.10. The van der Waals surface area contributed by atoms with Gasteiger partial charge >= 0.3 is 12.2 Å². The van der Waals surface area contributed by atoms with Gasteiger partial charge in [0.2, 0.25) is 5.91 Å². The number of aliphatic hydroxyl groups excluding tert-OH is 1. The molecule has 3 N–H and O–H groups in total. The van der Waals surface area contributed by atoms with E-state index in [9.17, 15) is 27.9 Å². The quantitative estimate of drug-likeness (QED) is 0.423. The fraction of sp³-hybridized carbons (Fsp3) is 0.407. The third-order valence-corrected chi connectivity index (χ3v) is 7.10. The number of halogens is 3. The Hall–Kier alpha value is -3.53. The van der Waals surface area contributed by atoms with Gasteiger partial charge in [-0.2, -0.15) is 13.2 Å². The minimum atomic E-state index is -4.51. The molecule has 0 aromatic heterocycles. The smallest absolute Gasteiger partial charge is 0.416 e. The third kappa shape index (κ3) is 5.44. The number of aliphatic hydroxyl groups is 1. The lowest BCUT2D eigenvalue weighted by Gasteiger charge is -2.39. The van der Waals surface area contributed by atoms with Gasteiger partial charge < -0.3 is 25.4 Å². The Morgan fingerprint density at radius 3 is 2.62 bits per heavy atom. The predicted octanol–water partition coefficient (Wildman–Crippen LogP) is 5.80. The molecule has 2 aliphatic rings. The fourth-order valence-corrected chi connectivity index (χ4v) is 4.68. The first-order valence-corrected chi connectivity index (χ1v) is 12.2. The lowest BCUT2D eigenvalue weighted by Crippen LogP contribution is -2.45. The van der Waals surface area contributed by atoms with Gasteiger partial charge in [0, 0.05) is 36.0 Å². The van der Waals surface area contributed by atoms with Crippen LogP contribution < -0.4 is 15.4 Å². The molecule has 0 spiro atoms. The first-order valence-electron chi connectivity index (χ1n) is 12.2. The zero-order valence-electron chi connectivity index (χ0n) is 20.9. The van der Waals surface area contributed by atoms with Crippen LogP contribution in [0.25, 0.3) is 5.57 Å². The number of hydrogen-bond donors (Lipinski definition) is 3. The molecular formula is C27H30F3N3O4. The predicted molar refractivity (Wildman–Crippen MR) is 134 cm³/mol. The van der Waals surface area contributed by atoms with Crippen molar-refractivity contribution in [2.75, 3.05) is 17.2 Å². The molecule has 4 rings (SSSR count). The highest BCUT2D eigenvalue weighted by Gasteiger charge is 2.38. The lowest BCUT2D eigenvalue weighted by molar-refractivity contribution is -0.137.